The number of nitrogens with zero attached hydrogens (tertiary/aromatic N) is 5. The zero-order valence-corrected chi connectivity index (χ0v) is 19.0. The van der Waals surface area contributed by atoms with Crippen molar-refractivity contribution in [1.82, 2.24) is 24.8 Å². The Balaban J connectivity index is 1.36. The molecular weight excluding hydrogens is 426 g/mol. The van der Waals surface area contributed by atoms with Crippen molar-refractivity contribution in [2.75, 3.05) is 20.2 Å². The number of para-hydroxylation sites is 1. The summed E-state index contributed by atoms with van der Waals surface area (Å²) in [6.45, 7) is 1.36. The van der Waals surface area contributed by atoms with Gasteiger partial charge in [-0.05, 0) is 49.2 Å². The largest absolute Gasteiger partial charge is 0.496 e. The number of carbonyl (C=O) groups excluding carboxylic acids is 1. The number of benzene rings is 1. The van der Waals surface area contributed by atoms with Crippen LogP contribution in [0.2, 0.25) is 0 Å². The lowest BCUT2D eigenvalue weighted by Gasteiger charge is -2.32. The van der Waals surface area contributed by atoms with Crippen molar-refractivity contribution < 1.29 is 9.53 Å². The maximum Gasteiger partial charge on any atom is 0.254 e. The van der Waals surface area contributed by atoms with Gasteiger partial charge < -0.3 is 9.64 Å². The molecule has 1 saturated heterocycles. The molecule has 1 fully saturated rings. The van der Waals surface area contributed by atoms with Gasteiger partial charge in [-0.25, -0.2) is 9.97 Å². The van der Waals surface area contributed by atoms with Crippen LogP contribution in [0.4, 0.5) is 0 Å². The summed E-state index contributed by atoms with van der Waals surface area (Å²) in [7, 11) is 1.67. The number of likely N-dealkylation sites (tertiary alicyclic amines) is 1. The highest BCUT2D eigenvalue weighted by molar-refractivity contribution is 5.95. The summed E-state index contributed by atoms with van der Waals surface area (Å²) in [6.07, 6.45) is 8.46. The standard InChI is InChI=1S/C27H25N5O2/c1-34-26-10-3-2-7-22(26)24-9-4-8-23(31-24)20-6-5-13-32(17-20)27(33)19-11-12-30-25(14-19)21-15-28-18-29-16-21/h2-4,7-12,14-16,18,20H,5-6,13,17H2,1H3. The first-order chi connectivity index (χ1) is 16.7. The van der Waals surface area contributed by atoms with Crippen LogP contribution in [0.15, 0.2) is 79.5 Å². The number of hydrogen-bond acceptors (Lipinski definition) is 6. The molecule has 0 saturated carbocycles. The number of pyridine rings is 2. The Morgan fingerprint density at radius 2 is 1.88 bits per heavy atom. The SMILES string of the molecule is COc1ccccc1-c1cccc(C2CCCN(C(=O)c3ccnc(-c4cncnc4)c3)C2)n1. The van der Waals surface area contributed by atoms with Crippen LogP contribution in [0.25, 0.3) is 22.5 Å². The van der Waals surface area contributed by atoms with Gasteiger partial charge in [-0.1, -0.05) is 18.2 Å². The molecule has 4 heterocycles. The molecule has 0 spiro atoms. The Hall–Kier alpha value is -4.13. The summed E-state index contributed by atoms with van der Waals surface area (Å²) in [5, 5.41) is 0. The molecule has 0 aliphatic carbocycles. The van der Waals surface area contributed by atoms with Crippen LogP contribution in [0.3, 0.4) is 0 Å². The molecule has 170 valence electrons. The minimum atomic E-state index is 0.00563. The summed E-state index contributed by atoms with van der Waals surface area (Å²) in [5.41, 5.74) is 4.92. The van der Waals surface area contributed by atoms with Gasteiger partial charge in [-0.15, -0.1) is 0 Å². The third-order valence-corrected chi connectivity index (χ3v) is 6.14. The van der Waals surface area contributed by atoms with Gasteiger partial charge in [0, 0.05) is 60.0 Å². The van der Waals surface area contributed by atoms with E-state index in [0.717, 1.165) is 47.7 Å². The molecule has 7 nitrogen and oxygen atoms in total. The Labute approximate surface area is 198 Å². The second-order valence-corrected chi connectivity index (χ2v) is 8.30. The van der Waals surface area contributed by atoms with E-state index in [-0.39, 0.29) is 11.8 Å². The van der Waals surface area contributed by atoms with Gasteiger partial charge in [0.05, 0.1) is 18.5 Å². The zero-order valence-electron chi connectivity index (χ0n) is 19.0. The maximum atomic E-state index is 13.4. The highest BCUT2D eigenvalue weighted by Gasteiger charge is 2.27. The fourth-order valence-corrected chi connectivity index (χ4v) is 4.42. The second kappa shape index (κ2) is 9.79. The lowest BCUT2D eigenvalue weighted by molar-refractivity contribution is 0.0706. The van der Waals surface area contributed by atoms with E-state index in [1.807, 2.05) is 47.4 Å². The van der Waals surface area contributed by atoms with E-state index in [9.17, 15) is 4.79 Å². The molecule has 1 amide bonds. The molecule has 0 N–H and O–H groups in total. The number of ether oxygens (including phenoxy) is 1. The molecule has 1 atom stereocenters. The number of aromatic nitrogens is 4. The van der Waals surface area contributed by atoms with Gasteiger partial charge in [-0.2, -0.15) is 0 Å². The summed E-state index contributed by atoms with van der Waals surface area (Å²) >= 11 is 0. The molecule has 1 aromatic carbocycles. The summed E-state index contributed by atoms with van der Waals surface area (Å²) in [4.78, 5) is 32.7. The topological polar surface area (TPSA) is 81.1 Å². The van der Waals surface area contributed by atoms with E-state index in [4.69, 9.17) is 9.72 Å². The molecule has 0 radical (unpaired) electrons. The maximum absolute atomic E-state index is 13.4. The molecule has 3 aromatic heterocycles. The number of amides is 1. The van der Waals surface area contributed by atoms with Gasteiger partial charge in [0.25, 0.3) is 5.91 Å². The first kappa shape index (κ1) is 21.7. The third kappa shape index (κ3) is 4.50. The first-order valence-electron chi connectivity index (χ1n) is 11.3. The van der Waals surface area contributed by atoms with Gasteiger partial charge in [0.2, 0.25) is 0 Å². The predicted octanol–water partition coefficient (Wildman–Crippen LogP) is 4.63. The van der Waals surface area contributed by atoms with E-state index < -0.39 is 0 Å². The van der Waals surface area contributed by atoms with E-state index in [1.54, 1.807) is 31.8 Å². The molecule has 5 rings (SSSR count). The minimum Gasteiger partial charge on any atom is -0.496 e. The van der Waals surface area contributed by atoms with Crippen LogP contribution in [0.1, 0.15) is 34.8 Å². The van der Waals surface area contributed by atoms with Crippen LogP contribution >= 0.6 is 0 Å². The normalized spacial score (nSPS) is 15.7. The molecule has 0 bridgehead atoms. The Morgan fingerprint density at radius 3 is 2.74 bits per heavy atom. The minimum absolute atomic E-state index is 0.00563. The molecule has 4 aromatic rings. The molecule has 7 heteroatoms. The van der Waals surface area contributed by atoms with Gasteiger partial charge >= 0.3 is 0 Å². The van der Waals surface area contributed by atoms with Crippen LogP contribution in [0.5, 0.6) is 5.75 Å². The van der Waals surface area contributed by atoms with Crippen molar-refractivity contribution in [2.45, 2.75) is 18.8 Å². The van der Waals surface area contributed by atoms with Gasteiger partial charge in [0.15, 0.2) is 0 Å². The number of methoxy groups -OCH3 is 1. The molecule has 1 aliphatic rings. The van der Waals surface area contributed by atoms with Crippen LogP contribution < -0.4 is 4.74 Å². The highest BCUT2D eigenvalue weighted by atomic mass is 16.5. The van der Waals surface area contributed by atoms with Crippen molar-refractivity contribution in [2.24, 2.45) is 0 Å². The average molecular weight is 452 g/mol. The Kier molecular flexibility index (Phi) is 6.25. The number of piperidine rings is 1. The van der Waals surface area contributed by atoms with Crippen molar-refractivity contribution in [3.8, 4) is 28.3 Å². The van der Waals surface area contributed by atoms with Crippen LogP contribution in [0, 0.1) is 0 Å². The average Bonchev–Trinajstić information content (AvgIpc) is 2.93. The van der Waals surface area contributed by atoms with Crippen LogP contribution in [-0.4, -0.2) is 50.9 Å². The molecule has 1 unspecified atom stereocenters. The van der Waals surface area contributed by atoms with Crippen molar-refractivity contribution in [1.29, 1.82) is 0 Å². The molecule has 34 heavy (non-hydrogen) atoms. The highest BCUT2D eigenvalue weighted by Crippen LogP contribution is 2.32. The monoisotopic (exact) mass is 451 g/mol. The Bertz CT molecular complexity index is 1290. The van der Waals surface area contributed by atoms with E-state index in [2.05, 4.69) is 21.0 Å². The smallest absolute Gasteiger partial charge is 0.254 e. The number of rotatable bonds is 5. The lowest BCUT2D eigenvalue weighted by Crippen LogP contribution is -2.39. The van der Waals surface area contributed by atoms with Crippen molar-refractivity contribution in [3.63, 3.8) is 0 Å². The second-order valence-electron chi connectivity index (χ2n) is 8.30. The van der Waals surface area contributed by atoms with Gasteiger partial charge in [-0.3, -0.25) is 14.8 Å². The van der Waals surface area contributed by atoms with E-state index >= 15 is 0 Å². The summed E-state index contributed by atoms with van der Waals surface area (Å²) < 4.78 is 5.52. The van der Waals surface area contributed by atoms with E-state index in [0.29, 0.717) is 17.8 Å². The molecular formula is C27H25N5O2. The zero-order chi connectivity index (χ0) is 23.3. The van der Waals surface area contributed by atoms with Crippen molar-refractivity contribution >= 4 is 5.91 Å². The van der Waals surface area contributed by atoms with Crippen LogP contribution in [-0.2, 0) is 0 Å². The quantitative estimate of drug-likeness (QED) is 0.440. The number of carbonyl (C=O) groups is 1. The first-order valence-corrected chi connectivity index (χ1v) is 11.3. The fraction of sp³-hybridized carbons (Fsp3) is 0.222. The lowest BCUT2D eigenvalue weighted by atomic mass is 9.93. The number of hydrogen-bond donors (Lipinski definition) is 0. The Morgan fingerprint density at radius 1 is 1.03 bits per heavy atom. The summed E-state index contributed by atoms with van der Waals surface area (Å²) in [6, 6.07) is 17.5. The van der Waals surface area contributed by atoms with Crippen molar-refractivity contribution in [3.05, 3.63) is 90.8 Å². The molecule has 1 aliphatic heterocycles. The summed E-state index contributed by atoms with van der Waals surface area (Å²) in [5.74, 6) is 0.979. The van der Waals surface area contributed by atoms with E-state index in [1.165, 1.54) is 6.33 Å². The third-order valence-electron chi connectivity index (χ3n) is 6.14. The van der Waals surface area contributed by atoms with Gasteiger partial charge in [0.1, 0.15) is 12.1 Å². The predicted molar refractivity (Wildman–Crippen MR) is 129 cm³/mol. The fourth-order valence-electron chi connectivity index (χ4n) is 4.42.